The molecule has 144 valence electrons. The van der Waals surface area contributed by atoms with Crippen molar-refractivity contribution in [2.75, 3.05) is 13.1 Å². The Morgan fingerprint density at radius 2 is 1.93 bits per heavy atom. The van der Waals surface area contributed by atoms with Crippen LogP contribution in [0.1, 0.15) is 24.8 Å². The standard InChI is InChI=1S/C17H18ClN3O4S2/c18-15-6-4-13(10-16(15)21(22)23)12-26-17-7-5-14(11-19-17)27(24,25)20-8-2-1-3-9-20/h4-7,10-11H,1-3,8-9,12H2. The molecule has 7 nitrogen and oxygen atoms in total. The summed E-state index contributed by atoms with van der Waals surface area (Å²) in [6, 6.07) is 7.87. The number of nitrogens with zero attached hydrogens (tertiary/aromatic N) is 3. The summed E-state index contributed by atoms with van der Waals surface area (Å²) in [6.07, 6.45) is 4.20. The molecule has 2 aromatic rings. The van der Waals surface area contributed by atoms with Crippen molar-refractivity contribution >= 4 is 39.1 Å². The Bertz CT molecular complexity index is 930. The van der Waals surface area contributed by atoms with E-state index in [2.05, 4.69) is 4.98 Å². The largest absolute Gasteiger partial charge is 0.288 e. The smallest absolute Gasteiger partial charge is 0.258 e. The fourth-order valence-corrected chi connectivity index (χ4v) is 5.24. The third-order valence-corrected chi connectivity index (χ3v) is 7.47. The molecule has 0 radical (unpaired) electrons. The molecule has 1 aliphatic heterocycles. The molecule has 1 fully saturated rings. The molecule has 1 aromatic carbocycles. The highest BCUT2D eigenvalue weighted by Gasteiger charge is 2.26. The van der Waals surface area contributed by atoms with Crippen molar-refractivity contribution in [3.63, 3.8) is 0 Å². The monoisotopic (exact) mass is 427 g/mol. The maximum atomic E-state index is 12.6. The Morgan fingerprint density at radius 1 is 1.19 bits per heavy atom. The van der Waals surface area contributed by atoms with E-state index in [0.717, 1.165) is 24.8 Å². The SMILES string of the molecule is O=[N+]([O-])c1cc(CSc2ccc(S(=O)(=O)N3CCCCC3)cn2)ccc1Cl. The second kappa shape index (κ2) is 8.55. The number of nitro groups is 1. The molecule has 0 unspecified atom stereocenters. The van der Waals surface area contributed by atoms with Gasteiger partial charge in [-0.3, -0.25) is 10.1 Å². The van der Waals surface area contributed by atoms with Gasteiger partial charge in [-0.1, -0.05) is 24.1 Å². The Labute approximate surface area is 166 Å². The second-order valence-corrected chi connectivity index (χ2v) is 9.47. The average molecular weight is 428 g/mol. The van der Waals surface area contributed by atoms with E-state index >= 15 is 0 Å². The van der Waals surface area contributed by atoms with Gasteiger partial charge in [0.2, 0.25) is 10.0 Å². The number of hydrogen-bond donors (Lipinski definition) is 0. The number of piperidine rings is 1. The van der Waals surface area contributed by atoms with Crippen molar-refractivity contribution in [2.45, 2.75) is 34.9 Å². The molecule has 3 rings (SSSR count). The first kappa shape index (κ1) is 20.1. The van der Waals surface area contributed by atoms with E-state index in [1.807, 2.05) is 0 Å². The normalized spacial score (nSPS) is 15.6. The van der Waals surface area contributed by atoms with Gasteiger partial charge < -0.3 is 0 Å². The summed E-state index contributed by atoms with van der Waals surface area (Å²) in [6.45, 7) is 1.10. The van der Waals surface area contributed by atoms with Crippen LogP contribution in [-0.4, -0.2) is 35.7 Å². The molecule has 0 amide bonds. The van der Waals surface area contributed by atoms with E-state index in [1.165, 1.54) is 34.4 Å². The summed E-state index contributed by atoms with van der Waals surface area (Å²) in [4.78, 5) is 14.9. The molecule has 2 heterocycles. The van der Waals surface area contributed by atoms with Gasteiger partial charge in [0.05, 0.1) is 9.95 Å². The predicted molar refractivity (Wildman–Crippen MR) is 105 cm³/mol. The molecule has 1 saturated heterocycles. The maximum Gasteiger partial charge on any atom is 0.288 e. The molecular formula is C17H18ClN3O4S2. The molecule has 0 bridgehead atoms. The number of aromatic nitrogens is 1. The molecule has 0 N–H and O–H groups in total. The predicted octanol–water partition coefficient (Wildman–Crippen LogP) is 4.11. The second-order valence-electron chi connectivity index (χ2n) is 6.13. The Morgan fingerprint density at radius 3 is 2.56 bits per heavy atom. The summed E-state index contributed by atoms with van der Waals surface area (Å²) in [5, 5.41) is 11.7. The summed E-state index contributed by atoms with van der Waals surface area (Å²) in [5.41, 5.74) is 0.605. The maximum absolute atomic E-state index is 12.6. The molecule has 1 aliphatic rings. The first-order chi connectivity index (χ1) is 12.9. The van der Waals surface area contributed by atoms with Gasteiger partial charge >= 0.3 is 0 Å². The van der Waals surface area contributed by atoms with E-state index < -0.39 is 14.9 Å². The van der Waals surface area contributed by atoms with Crippen LogP contribution in [-0.2, 0) is 15.8 Å². The first-order valence-electron chi connectivity index (χ1n) is 8.40. The van der Waals surface area contributed by atoms with Gasteiger partial charge in [0.25, 0.3) is 5.69 Å². The summed E-state index contributed by atoms with van der Waals surface area (Å²) >= 11 is 7.18. The van der Waals surface area contributed by atoms with Crippen LogP contribution in [0.3, 0.4) is 0 Å². The highest BCUT2D eigenvalue weighted by atomic mass is 35.5. The van der Waals surface area contributed by atoms with Gasteiger partial charge in [0.1, 0.15) is 9.92 Å². The lowest BCUT2D eigenvalue weighted by Gasteiger charge is -2.25. The number of hydrogen-bond acceptors (Lipinski definition) is 6. The number of thioether (sulfide) groups is 1. The van der Waals surface area contributed by atoms with E-state index in [9.17, 15) is 18.5 Å². The molecule has 1 aromatic heterocycles. The van der Waals surface area contributed by atoms with Gasteiger partial charge in [0, 0.05) is 31.1 Å². The van der Waals surface area contributed by atoms with Gasteiger partial charge in [-0.05, 0) is 36.6 Å². The van der Waals surface area contributed by atoms with E-state index in [1.54, 1.807) is 18.2 Å². The van der Waals surface area contributed by atoms with E-state index in [0.29, 0.717) is 23.9 Å². The number of nitro benzene ring substituents is 1. The van der Waals surface area contributed by atoms with Crippen molar-refractivity contribution in [1.82, 2.24) is 9.29 Å². The van der Waals surface area contributed by atoms with Crippen LogP contribution in [0.5, 0.6) is 0 Å². The summed E-state index contributed by atoms with van der Waals surface area (Å²) in [5.74, 6) is 0.462. The number of sulfonamides is 1. The number of pyridine rings is 1. The minimum absolute atomic E-state index is 0.0964. The highest BCUT2D eigenvalue weighted by Crippen LogP contribution is 2.29. The van der Waals surface area contributed by atoms with Crippen molar-refractivity contribution in [3.8, 4) is 0 Å². The Balaban J connectivity index is 1.67. The quantitative estimate of drug-likeness (QED) is 0.391. The van der Waals surface area contributed by atoms with Crippen LogP contribution >= 0.6 is 23.4 Å². The fourth-order valence-electron chi connectivity index (χ4n) is 2.80. The average Bonchev–Trinajstić information content (AvgIpc) is 2.68. The van der Waals surface area contributed by atoms with Crippen molar-refractivity contribution in [1.29, 1.82) is 0 Å². The molecular weight excluding hydrogens is 410 g/mol. The summed E-state index contributed by atoms with van der Waals surface area (Å²) in [7, 11) is -3.49. The molecule has 10 heteroatoms. The van der Waals surface area contributed by atoms with Crippen molar-refractivity contribution in [2.24, 2.45) is 0 Å². The Kier molecular flexibility index (Phi) is 6.36. The van der Waals surface area contributed by atoms with Crippen LogP contribution in [0.2, 0.25) is 5.02 Å². The Hall–Kier alpha value is -1.68. The van der Waals surface area contributed by atoms with Crippen molar-refractivity contribution < 1.29 is 13.3 Å². The van der Waals surface area contributed by atoms with Crippen LogP contribution in [0.4, 0.5) is 5.69 Å². The zero-order valence-corrected chi connectivity index (χ0v) is 16.8. The third kappa shape index (κ3) is 4.78. The number of halogens is 1. The number of benzene rings is 1. The zero-order chi connectivity index (χ0) is 19.4. The third-order valence-electron chi connectivity index (χ3n) is 4.26. The molecule has 0 saturated carbocycles. The van der Waals surface area contributed by atoms with Gasteiger partial charge in [-0.25, -0.2) is 13.4 Å². The lowest BCUT2D eigenvalue weighted by Crippen LogP contribution is -2.35. The molecule has 27 heavy (non-hydrogen) atoms. The summed E-state index contributed by atoms with van der Waals surface area (Å²) < 4.78 is 26.7. The van der Waals surface area contributed by atoms with Crippen LogP contribution < -0.4 is 0 Å². The number of rotatable bonds is 6. The highest BCUT2D eigenvalue weighted by molar-refractivity contribution is 7.98. The minimum atomic E-state index is -3.49. The van der Waals surface area contributed by atoms with Crippen LogP contribution in [0, 0.1) is 10.1 Å². The van der Waals surface area contributed by atoms with E-state index in [4.69, 9.17) is 11.6 Å². The van der Waals surface area contributed by atoms with Crippen LogP contribution in [0.25, 0.3) is 0 Å². The topological polar surface area (TPSA) is 93.4 Å². The molecule has 0 spiro atoms. The van der Waals surface area contributed by atoms with Gasteiger partial charge in [0.15, 0.2) is 0 Å². The van der Waals surface area contributed by atoms with Crippen LogP contribution in [0.15, 0.2) is 46.5 Å². The zero-order valence-electron chi connectivity index (χ0n) is 14.4. The van der Waals surface area contributed by atoms with Crippen molar-refractivity contribution in [3.05, 3.63) is 57.2 Å². The van der Waals surface area contributed by atoms with Gasteiger partial charge in [-0.2, -0.15) is 4.31 Å². The first-order valence-corrected chi connectivity index (χ1v) is 11.2. The fraction of sp³-hybridized carbons (Fsp3) is 0.353. The minimum Gasteiger partial charge on any atom is -0.258 e. The lowest BCUT2D eigenvalue weighted by molar-refractivity contribution is -0.384. The molecule has 0 aliphatic carbocycles. The molecule has 0 atom stereocenters. The lowest BCUT2D eigenvalue weighted by atomic mass is 10.2. The van der Waals surface area contributed by atoms with E-state index in [-0.39, 0.29) is 15.6 Å². The van der Waals surface area contributed by atoms with Gasteiger partial charge in [-0.15, -0.1) is 11.8 Å².